The Labute approximate surface area is 126 Å². The molecule has 1 amide bonds. The zero-order chi connectivity index (χ0) is 15.1. The van der Waals surface area contributed by atoms with E-state index >= 15 is 0 Å². The largest absolute Gasteiger partial charge is 0.497 e. The summed E-state index contributed by atoms with van der Waals surface area (Å²) in [5.41, 5.74) is 1.99. The summed E-state index contributed by atoms with van der Waals surface area (Å²) in [6, 6.07) is 17.5. The lowest BCUT2D eigenvalue weighted by molar-refractivity contribution is -0.119. The number of carbonyl (C=O) groups is 1. The number of hydrogen-bond acceptors (Lipinski definition) is 2. The molecule has 0 heterocycles. The molecule has 0 bridgehead atoms. The minimum atomic E-state index is -0.0190. The van der Waals surface area contributed by atoms with Crippen molar-refractivity contribution in [3.8, 4) is 5.75 Å². The third kappa shape index (κ3) is 4.35. The second kappa shape index (κ2) is 7.48. The van der Waals surface area contributed by atoms with E-state index in [2.05, 4.69) is 17.4 Å². The van der Waals surface area contributed by atoms with Crippen LogP contribution in [-0.2, 0) is 11.2 Å². The number of carbonyl (C=O) groups excluding carboxylic acids is 1. The monoisotopic (exact) mass is 283 g/mol. The number of anilines is 1. The van der Waals surface area contributed by atoms with E-state index in [0.717, 1.165) is 24.3 Å². The summed E-state index contributed by atoms with van der Waals surface area (Å²) in [5, 5.41) is 2.97. The fourth-order valence-corrected chi connectivity index (χ4v) is 2.24. The van der Waals surface area contributed by atoms with Crippen LogP contribution in [-0.4, -0.2) is 13.0 Å². The molecule has 1 N–H and O–H groups in total. The van der Waals surface area contributed by atoms with Gasteiger partial charge in [-0.05, 0) is 42.7 Å². The third-order valence-corrected chi connectivity index (χ3v) is 3.55. The molecule has 0 radical (unpaired) electrons. The van der Waals surface area contributed by atoms with Crippen LogP contribution in [0.2, 0.25) is 0 Å². The highest BCUT2D eigenvalue weighted by molar-refractivity contribution is 5.92. The normalized spacial score (nSPS) is 11.7. The van der Waals surface area contributed by atoms with E-state index in [0.29, 0.717) is 0 Å². The smallest absolute Gasteiger partial charge is 0.227 e. The molecule has 0 aliphatic carbocycles. The molecule has 21 heavy (non-hydrogen) atoms. The second-order valence-corrected chi connectivity index (χ2v) is 5.01. The average molecular weight is 283 g/mol. The lowest BCUT2D eigenvalue weighted by Crippen LogP contribution is -2.24. The molecular weight excluding hydrogens is 262 g/mol. The minimum Gasteiger partial charge on any atom is -0.497 e. The highest BCUT2D eigenvalue weighted by atomic mass is 16.5. The minimum absolute atomic E-state index is 0.0190. The molecule has 0 fully saturated rings. The Hall–Kier alpha value is -2.29. The van der Waals surface area contributed by atoms with Crippen molar-refractivity contribution in [3.63, 3.8) is 0 Å². The van der Waals surface area contributed by atoms with Gasteiger partial charge in [0.25, 0.3) is 0 Å². The van der Waals surface area contributed by atoms with Crippen LogP contribution in [0, 0.1) is 5.92 Å². The second-order valence-electron chi connectivity index (χ2n) is 5.01. The van der Waals surface area contributed by atoms with Crippen molar-refractivity contribution in [3.05, 3.63) is 60.2 Å². The van der Waals surface area contributed by atoms with Crippen molar-refractivity contribution in [1.82, 2.24) is 0 Å². The van der Waals surface area contributed by atoms with Crippen LogP contribution in [0.3, 0.4) is 0 Å². The van der Waals surface area contributed by atoms with Gasteiger partial charge in [0.15, 0.2) is 0 Å². The maximum absolute atomic E-state index is 12.4. The summed E-state index contributed by atoms with van der Waals surface area (Å²) in [7, 11) is 1.63. The Kier molecular flexibility index (Phi) is 5.38. The lowest BCUT2D eigenvalue weighted by atomic mass is 9.96. The SMILES string of the molecule is CCC(Cc1ccccc1)C(=O)Nc1ccc(OC)cc1. The van der Waals surface area contributed by atoms with Crippen molar-refractivity contribution in [1.29, 1.82) is 0 Å². The van der Waals surface area contributed by atoms with Crippen LogP contribution in [0.25, 0.3) is 0 Å². The predicted octanol–water partition coefficient (Wildman–Crippen LogP) is 3.90. The first-order chi connectivity index (χ1) is 10.2. The van der Waals surface area contributed by atoms with E-state index < -0.39 is 0 Å². The van der Waals surface area contributed by atoms with Gasteiger partial charge in [0.2, 0.25) is 5.91 Å². The molecule has 2 aromatic carbocycles. The van der Waals surface area contributed by atoms with Crippen molar-refractivity contribution < 1.29 is 9.53 Å². The van der Waals surface area contributed by atoms with Crippen LogP contribution >= 0.6 is 0 Å². The van der Waals surface area contributed by atoms with Crippen LogP contribution in [0.5, 0.6) is 5.75 Å². The van der Waals surface area contributed by atoms with Gasteiger partial charge in [-0.3, -0.25) is 4.79 Å². The molecular formula is C18H21NO2. The van der Waals surface area contributed by atoms with Crippen molar-refractivity contribution in [2.45, 2.75) is 19.8 Å². The van der Waals surface area contributed by atoms with E-state index in [4.69, 9.17) is 4.74 Å². The standard InChI is InChI=1S/C18H21NO2/c1-3-15(13-14-7-5-4-6-8-14)18(20)19-16-9-11-17(21-2)12-10-16/h4-12,15H,3,13H2,1-2H3,(H,19,20). The Morgan fingerprint density at radius 1 is 1.10 bits per heavy atom. The molecule has 0 saturated carbocycles. The summed E-state index contributed by atoms with van der Waals surface area (Å²) < 4.78 is 5.11. The van der Waals surface area contributed by atoms with E-state index in [1.54, 1.807) is 7.11 Å². The summed E-state index contributed by atoms with van der Waals surface area (Å²) in [4.78, 5) is 12.4. The Balaban J connectivity index is 1.99. The third-order valence-electron chi connectivity index (χ3n) is 3.55. The van der Waals surface area contributed by atoms with Crippen LogP contribution in [0.4, 0.5) is 5.69 Å². The van der Waals surface area contributed by atoms with E-state index in [1.165, 1.54) is 5.56 Å². The summed E-state index contributed by atoms with van der Waals surface area (Å²) in [6.45, 7) is 2.04. The molecule has 3 nitrogen and oxygen atoms in total. The average Bonchev–Trinajstić information content (AvgIpc) is 2.54. The molecule has 2 aromatic rings. The van der Waals surface area contributed by atoms with Gasteiger partial charge in [0.1, 0.15) is 5.75 Å². The zero-order valence-corrected chi connectivity index (χ0v) is 12.5. The molecule has 1 unspecified atom stereocenters. The van der Waals surface area contributed by atoms with Gasteiger partial charge < -0.3 is 10.1 Å². The van der Waals surface area contributed by atoms with Gasteiger partial charge in [-0.1, -0.05) is 37.3 Å². The van der Waals surface area contributed by atoms with Gasteiger partial charge in [0, 0.05) is 11.6 Å². The van der Waals surface area contributed by atoms with Crippen LogP contribution < -0.4 is 10.1 Å². The zero-order valence-electron chi connectivity index (χ0n) is 12.5. The molecule has 110 valence electrons. The van der Waals surface area contributed by atoms with E-state index in [-0.39, 0.29) is 11.8 Å². The summed E-state index contributed by atoms with van der Waals surface area (Å²) in [5.74, 6) is 0.824. The fourth-order valence-electron chi connectivity index (χ4n) is 2.24. The van der Waals surface area contributed by atoms with Gasteiger partial charge in [-0.2, -0.15) is 0 Å². The van der Waals surface area contributed by atoms with E-state index in [1.807, 2.05) is 49.4 Å². The first-order valence-electron chi connectivity index (χ1n) is 7.21. The number of hydrogen-bond donors (Lipinski definition) is 1. The lowest BCUT2D eigenvalue weighted by Gasteiger charge is -2.15. The number of rotatable bonds is 6. The summed E-state index contributed by atoms with van der Waals surface area (Å²) >= 11 is 0. The summed E-state index contributed by atoms with van der Waals surface area (Å²) in [6.07, 6.45) is 1.58. The number of methoxy groups -OCH3 is 1. The first-order valence-corrected chi connectivity index (χ1v) is 7.21. The molecule has 0 aliphatic rings. The predicted molar refractivity (Wildman–Crippen MR) is 85.6 cm³/mol. The fraction of sp³-hybridized carbons (Fsp3) is 0.278. The van der Waals surface area contributed by atoms with Crippen molar-refractivity contribution in [2.24, 2.45) is 5.92 Å². The molecule has 3 heteroatoms. The van der Waals surface area contributed by atoms with E-state index in [9.17, 15) is 4.79 Å². The Morgan fingerprint density at radius 2 is 1.76 bits per heavy atom. The molecule has 0 saturated heterocycles. The Bertz CT molecular complexity index is 564. The highest BCUT2D eigenvalue weighted by Crippen LogP contribution is 2.18. The maximum atomic E-state index is 12.4. The quantitative estimate of drug-likeness (QED) is 0.873. The molecule has 0 aromatic heterocycles. The molecule has 2 rings (SSSR count). The number of ether oxygens (including phenoxy) is 1. The van der Waals surface area contributed by atoms with Crippen LogP contribution in [0.15, 0.2) is 54.6 Å². The molecule has 1 atom stereocenters. The number of nitrogens with one attached hydrogen (secondary N) is 1. The Morgan fingerprint density at radius 3 is 2.33 bits per heavy atom. The maximum Gasteiger partial charge on any atom is 0.227 e. The number of amides is 1. The van der Waals surface area contributed by atoms with Gasteiger partial charge in [-0.15, -0.1) is 0 Å². The number of benzene rings is 2. The topological polar surface area (TPSA) is 38.3 Å². The van der Waals surface area contributed by atoms with Gasteiger partial charge in [0.05, 0.1) is 7.11 Å². The van der Waals surface area contributed by atoms with Crippen LogP contribution in [0.1, 0.15) is 18.9 Å². The highest BCUT2D eigenvalue weighted by Gasteiger charge is 2.17. The molecule has 0 spiro atoms. The van der Waals surface area contributed by atoms with Gasteiger partial charge >= 0.3 is 0 Å². The van der Waals surface area contributed by atoms with Gasteiger partial charge in [-0.25, -0.2) is 0 Å². The molecule has 0 aliphatic heterocycles. The van der Waals surface area contributed by atoms with Crippen molar-refractivity contribution in [2.75, 3.05) is 12.4 Å². The van der Waals surface area contributed by atoms with Crippen molar-refractivity contribution >= 4 is 11.6 Å². The first kappa shape index (κ1) is 15.1.